The van der Waals surface area contributed by atoms with Crippen molar-refractivity contribution in [1.82, 2.24) is 0 Å². The molecule has 2 aromatic carbocycles. The van der Waals surface area contributed by atoms with Crippen molar-refractivity contribution >= 4 is 29.7 Å². The van der Waals surface area contributed by atoms with Gasteiger partial charge in [0.2, 0.25) is 5.91 Å². The number of methoxy groups -OCH3 is 3. The summed E-state index contributed by atoms with van der Waals surface area (Å²) in [4.78, 5) is 14.5. The zero-order valence-corrected chi connectivity index (χ0v) is 16.8. The molecule has 148 valence electrons. The molecule has 0 saturated heterocycles. The lowest BCUT2D eigenvalue weighted by Crippen LogP contribution is -2.34. The number of aryl methyl sites for hydroxylation is 1. The lowest BCUT2D eigenvalue weighted by molar-refractivity contribution is -0.118. The number of benzene rings is 2. The first-order chi connectivity index (χ1) is 12.6. The number of nitrogens with zero attached hydrogens (tertiary/aromatic N) is 1. The van der Waals surface area contributed by atoms with E-state index in [4.69, 9.17) is 19.9 Å². The molecule has 2 aromatic rings. The molecule has 27 heavy (non-hydrogen) atoms. The van der Waals surface area contributed by atoms with E-state index >= 15 is 0 Å². The number of carbonyl (C=O) groups excluding carboxylic acids is 1. The van der Waals surface area contributed by atoms with E-state index in [1.54, 1.807) is 38.4 Å². The summed E-state index contributed by atoms with van der Waals surface area (Å²) in [6, 6.07) is 13.0. The Balaban J connectivity index is 0.00000364. The first kappa shape index (κ1) is 22.6. The highest BCUT2D eigenvalue weighted by atomic mass is 35.5. The standard InChI is InChI=1S/C20H26N2O4.ClH/c1-24-13-12-22(16-9-10-18(25-2)19(14-16)26-3)20(23)11-8-15-6-4-5-7-17(15)21;/h4-7,9-10,14H,8,11-13,21H2,1-3H3;1H. The minimum Gasteiger partial charge on any atom is -0.493 e. The van der Waals surface area contributed by atoms with Crippen molar-refractivity contribution < 1.29 is 19.0 Å². The predicted molar refractivity (Wildman–Crippen MR) is 110 cm³/mol. The summed E-state index contributed by atoms with van der Waals surface area (Å²) in [7, 11) is 4.76. The molecule has 0 aliphatic heterocycles. The number of rotatable bonds is 9. The number of halogens is 1. The van der Waals surface area contributed by atoms with Crippen molar-refractivity contribution in [2.75, 3.05) is 45.1 Å². The molecule has 0 fully saturated rings. The van der Waals surface area contributed by atoms with Gasteiger partial charge in [0.15, 0.2) is 11.5 Å². The van der Waals surface area contributed by atoms with E-state index in [1.807, 2.05) is 30.3 Å². The fraction of sp³-hybridized carbons (Fsp3) is 0.350. The highest BCUT2D eigenvalue weighted by molar-refractivity contribution is 5.94. The normalized spacial score (nSPS) is 10.0. The molecule has 0 unspecified atom stereocenters. The van der Waals surface area contributed by atoms with Gasteiger partial charge >= 0.3 is 0 Å². The quantitative estimate of drug-likeness (QED) is 0.660. The van der Waals surface area contributed by atoms with Gasteiger partial charge in [0.25, 0.3) is 0 Å². The van der Waals surface area contributed by atoms with Gasteiger partial charge in [-0.25, -0.2) is 0 Å². The van der Waals surface area contributed by atoms with Gasteiger partial charge in [0.05, 0.1) is 20.8 Å². The van der Waals surface area contributed by atoms with Crippen LogP contribution in [0.4, 0.5) is 11.4 Å². The second kappa shape index (κ2) is 11.3. The number of amides is 1. The van der Waals surface area contributed by atoms with Crippen molar-refractivity contribution in [1.29, 1.82) is 0 Å². The van der Waals surface area contributed by atoms with Crippen LogP contribution in [0.15, 0.2) is 42.5 Å². The number of ether oxygens (including phenoxy) is 3. The van der Waals surface area contributed by atoms with Gasteiger partial charge < -0.3 is 24.8 Å². The van der Waals surface area contributed by atoms with Crippen LogP contribution in [0.1, 0.15) is 12.0 Å². The molecular formula is C20H27ClN2O4. The van der Waals surface area contributed by atoms with E-state index in [0.29, 0.717) is 43.2 Å². The van der Waals surface area contributed by atoms with E-state index in [0.717, 1.165) is 11.3 Å². The largest absolute Gasteiger partial charge is 0.493 e. The van der Waals surface area contributed by atoms with Crippen molar-refractivity contribution in [2.24, 2.45) is 0 Å². The average molecular weight is 395 g/mol. The molecular weight excluding hydrogens is 368 g/mol. The van der Waals surface area contributed by atoms with E-state index in [-0.39, 0.29) is 18.3 Å². The van der Waals surface area contributed by atoms with E-state index in [1.165, 1.54) is 0 Å². The summed E-state index contributed by atoms with van der Waals surface area (Å²) in [5, 5.41) is 0. The Kier molecular flexibility index (Phi) is 9.47. The smallest absolute Gasteiger partial charge is 0.227 e. The number of carbonyl (C=O) groups is 1. The molecule has 0 aliphatic carbocycles. The van der Waals surface area contributed by atoms with Crippen molar-refractivity contribution in [3.8, 4) is 11.5 Å². The van der Waals surface area contributed by atoms with Crippen LogP contribution in [0, 0.1) is 0 Å². The van der Waals surface area contributed by atoms with Crippen LogP contribution in [0.5, 0.6) is 11.5 Å². The summed E-state index contributed by atoms with van der Waals surface area (Å²) in [5.74, 6) is 1.19. The molecule has 0 saturated carbocycles. The summed E-state index contributed by atoms with van der Waals surface area (Å²) in [5.41, 5.74) is 8.39. The van der Waals surface area contributed by atoms with Crippen LogP contribution in [0.25, 0.3) is 0 Å². The maximum absolute atomic E-state index is 12.8. The van der Waals surface area contributed by atoms with Gasteiger partial charge in [-0.3, -0.25) is 4.79 Å². The molecule has 0 radical (unpaired) electrons. The summed E-state index contributed by atoms with van der Waals surface area (Å²) < 4.78 is 15.8. The first-order valence-corrected chi connectivity index (χ1v) is 8.45. The first-order valence-electron chi connectivity index (χ1n) is 8.45. The van der Waals surface area contributed by atoms with Gasteiger partial charge in [-0.2, -0.15) is 0 Å². The Morgan fingerprint density at radius 2 is 1.74 bits per heavy atom. The second-order valence-corrected chi connectivity index (χ2v) is 5.78. The molecule has 7 heteroatoms. The van der Waals surface area contributed by atoms with Gasteiger partial charge in [-0.1, -0.05) is 18.2 Å². The maximum Gasteiger partial charge on any atom is 0.227 e. The van der Waals surface area contributed by atoms with Gasteiger partial charge in [-0.05, 0) is 30.2 Å². The molecule has 0 spiro atoms. The minimum atomic E-state index is -0.00229. The van der Waals surface area contributed by atoms with Crippen LogP contribution in [-0.4, -0.2) is 40.4 Å². The molecule has 0 atom stereocenters. The van der Waals surface area contributed by atoms with Crippen LogP contribution >= 0.6 is 12.4 Å². The molecule has 6 nitrogen and oxygen atoms in total. The van der Waals surface area contributed by atoms with Crippen molar-refractivity contribution in [2.45, 2.75) is 12.8 Å². The number of nitrogens with two attached hydrogens (primary N) is 1. The zero-order chi connectivity index (χ0) is 18.9. The van der Waals surface area contributed by atoms with Crippen LogP contribution < -0.4 is 20.1 Å². The predicted octanol–water partition coefficient (Wildman–Crippen LogP) is 3.32. The highest BCUT2D eigenvalue weighted by Crippen LogP contribution is 2.31. The third kappa shape index (κ3) is 6.05. The Labute approximate surface area is 166 Å². The third-order valence-electron chi connectivity index (χ3n) is 4.16. The highest BCUT2D eigenvalue weighted by Gasteiger charge is 2.18. The molecule has 0 bridgehead atoms. The summed E-state index contributed by atoms with van der Waals surface area (Å²) in [6.45, 7) is 0.892. The number of anilines is 2. The Morgan fingerprint density at radius 1 is 1.04 bits per heavy atom. The van der Waals surface area contributed by atoms with Gasteiger partial charge in [0.1, 0.15) is 0 Å². The number of para-hydroxylation sites is 1. The Hall–Kier alpha value is -2.44. The summed E-state index contributed by atoms with van der Waals surface area (Å²) in [6.07, 6.45) is 0.939. The number of nitrogen functional groups attached to an aromatic ring is 1. The molecule has 2 rings (SSSR count). The zero-order valence-electron chi connectivity index (χ0n) is 15.9. The molecule has 1 amide bonds. The Morgan fingerprint density at radius 3 is 2.37 bits per heavy atom. The van der Waals surface area contributed by atoms with E-state index < -0.39 is 0 Å². The maximum atomic E-state index is 12.8. The number of hydrogen-bond acceptors (Lipinski definition) is 5. The SMILES string of the molecule is COCCN(C(=O)CCc1ccccc1N)c1ccc(OC)c(OC)c1.Cl. The second-order valence-electron chi connectivity index (χ2n) is 5.78. The molecule has 0 aliphatic rings. The van der Waals surface area contributed by atoms with Crippen molar-refractivity contribution in [3.05, 3.63) is 48.0 Å². The molecule has 0 heterocycles. The van der Waals surface area contributed by atoms with Crippen LogP contribution in [-0.2, 0) is 16.0 Å². The van der Waals surface area contributed by atoms with E-state index in [9.17, 15) is 4.79 Å². The monoisotopic (exact) mass is 394 g/mol. The molecule has 2 N–H and O–H groups in total. The molecule has 0 aromatic heterocycles. The van der Waals surface area contributed by atoms with E-state index in [2.05, 4.69) is 0 Å². The lowest BCUT2D eigenvalue weighted by Gasteiger charge is -2.24. The minimum absolute atomic E-state index is 0. The topological polar surface area (TPSA) is 74.0 Å². The number of hydrogen-bond donors (Lipinski definition) is 1. The van der Waals surface area contributed by atoms with Crippen LogP contribution in [0.3, 0.4) is 0 Å². The average Bonchev–Trinajstić information content (AvgIpc) is 2.67. The van der Waals surface area contributed by atoms with Gasteiger partial charge in [-0.15, -0.1) is 12.4 Å². The van der Waals surface area contributed by atoms with Gasteiger partial charge in [0, 0.05) is 37.5 Å². The fourth-order valence-electron chi connectivity index (χ4n) is 2.71. The third-order valence-corrected chi connectivity index (χ3v) is 4.16. The lowest BCUT2D eigenvalue weighted by atomic mass is 10.1. The fourth-order valence-corrected chi connectivity index (χ4v) is 2.71. The van der Waals surface area contributed by atoms with Crippen molar-refractivity contribution in [3.63, 3.8) is 0 Å². The Bertz CT molecular complexity index is 740. The van der Waals surface area contributed by atoms with Crippen LogP contribution in [0.2, 0.25) is 0 Å². The summed E-state index contributed by atoms with van der Waals surface area (Å²) >= 11 is 0.